The highest BCUT2D eigenvalue weighted by Crippen LogP contribution is 2.30. The fraction of sp³-hybridized carbons (Fsp3) is 0.143. The van der Waals surface area contributed by atoms with Crippen LogP contribution in [-0.2, 0) is 0 Å². The zero-order chi connectivity index (χ0) is 14.0. The molecule has 0 radical (unpaired) electrons. The summed E-state index contributed by atoms with van der Waals surface area (Å²) in [7, 11) is 0. The van der Waals surface area contributed by atoms with Crippen LogP contribution in [0, 0.1) is 5.82 Å². The molecule has 0 saturated heterocycles. The van der Waals surface area contributed by atoms with E-state index >= 15 is 0 Å². The zero-order valence-electron chi connectivity index (χ0n) is 10.3. The van der Waals surface area contributed by atoms with Crippen LogP contribution in [0.4, 0.5) is 15.8 Å². The summed E-state index contributed by atoms with van der Waals surface area (Å²) in [5.74, 6) is -0.376. The lowest BCUT2D eigenvalue weighted by atomic mass is 10.1. The van der Waals surface area contributed by atoms with Gasteiger partial charge in [-0.25, -0.2) is 4.39 Å². The van der Waals surface area contributed by atoms with Crippen LogP contribution < -0.4 is 11.1 Å². The quantitative estimate of drug-likeness (QED) is 0.770. The molecule has 0 spiro atoms. The number of nitrogens with one attached hydrogen (secondary N) is 1. The van der Waals surface area contributed by atoms with E-state index < -0.39 is 0 Å². The van der Waals surface area contributed by atoms with E-state index in [0.717, 1.165) is 5.56 Å². The first-order valence-corrected chi connectivity index (χ1v) is 6.91. The number of anilines is 2. The predicted molar refractivity (Wildman–Crippen MR) is 82.0 cm³/mol. The van der Waals surface area contributed by atoms with Crippen LogP contribution in [0.1, 0.15) is 18.5 Å². The minimum Gasteiger partial charge on any atom is -0.397 e. The third-order valence-corrected chi connectivity index (χ3v) is 3.66. The van der Waals surface area contributed by atoms with Crippen molar-refractivity contribution in [2.24, 2.45) is 0 Å². The lowest BCUT2D eigenvalue weighted by Gasteiger charge is -2.18. The summed E-state index contributed by atoms with van der Waals surface area (Å²) in [5.41, 5.74) is 7.88. The van der Waals surface area contributed by atoms with Crippen LogP contribution in [0.15, 0.2) is 40.9 Å². The van der Waals surface area contributed by atoms with E-state index in [1.807, 2.05) is 31.2 Å². The van der Waals surface area contributed by atoms with Crippen molar-refractivity contribution >= 4 is 38.9 Å². The molecular formula is C14H13BrClFN2. The molecule has 19 heavy (non-hydrogen) atoms. The average molecular weight is 344 g/mol. The Morgan fingerprint density at radius 2 is 2.05 bits per heavy atom. The summed E-state index contributed by atoms with van der Waals surface area (Å²) in [5, 5.41) is 3.92. The Morgan fingerprint density at radius 1 is 1.32 bits per heavy atom. The lowest BCUT2D eigenvalue weighted by Crippen LogP contribution is -2.08. The lowest BCUT2D eigenvalue weighted by molar-refractivity contribution is 0.622. The Bertz CT molecular complexity index is 604. The van der Waals surface area contributed by atoms with Crippen LogP contribution in [-0.4, -0.2) is 0 Å². The molecular weight excluding hydrogens is 331 g/mol. The molecule has 0 aromatic heterocycles. The Hall–Kier alpha value is -1.26. The number of halogens is 3. The number of nitrogen functional groups attached to an aromatic ring is 1. The zero-order valence-corrected chi connectivity index (χ0v) is 12.6. The number of rotatable bonds is 3. The maximum Gasteiger partial charge on any atom is 0.139 e. The third kappa shape index (κ3) is 3.39. The molecule has 2 rings (SSSR count). The summed E-state index contributed by atoms with van der Waals surface area (Å²) in [6.45, 7) is 1.99. The highest BCUT2D eigenvalue weighted by molar-refractivity contribution is 9.10. The molecule has 1 unspecified atom stereocenters. The van der Waals surface area contributed by atoms with Crippen LogP contribution in [0.3, 0.4) is 0 Å². The van der Waals surface area contributed by atoms with Crippen LogP contribution in [0.25, 0.3) is 0 Å². The second-order valence-corrected chi connectivity index (χ2v) is 5.57. The fourth-order valence-electron chi connectivity index (χ4n) is 1.78. The van der Waals surface area contributed by atoms with Gasteiger partial charge in [-0.05, 0) is 46.6 Å². The largest absolute Gasteiger partial charge is 0.397 e. The molecule has 5 heteroatoms. The predicted octanol–water partition coefficient (Wildman–Crippen LogP) is 5.00. The Morgan fingerprint density at radius 3 is 2.74 bits per heavy atom. The van der Waals surface area contributed by atoms with Crippen molar-refractivity contribution in [1.29, 1.82) is 0 Å². The highest BCUT2D eigenvalue weighted by Gasteiger charge is 2.10. The number of benzene rings is 2. The standard InChI is InChI=1S/C14H13BrClFN2/c1-8(9-3-2-4-10(16)5-9)19-14-6-11(15)12(17)7-13(14)18/h2-8,19H,18H2,1H3. The van der Waals surface area contributed by atoms with E-state index in [2.05, 4.69) is 21.2 Å². The topological polar surface area (TPSA) is 38.0 Å². The molecule has 0 heterocycles. The Kier molecular flexibility index (Phi) is 4.32. The first kappa shape index (κ1) is 14.2. The fourth-order valence-corrected chi connectivity index (χ4v) is 2.32. The van der Waals surface area contributed by atoms with E-state index in [0.29, 0.717) is 20.9 Å². The average Bonchev–Trinajstić information content (AvgIpc) is 2.36. The van der Waals surface area contributed by atoms with Gasteiger partial charge in [-0.2, -0.15) is 0 Å². The van der Waals surface area contributed by atoms with Crippen LogP contribution >= 0.6 is 27.5 Å². The molecule has 2 nitrogen and oxygen atoms in total. The smallest absolute Gasteiger partial charge is 0.139 e. The maximum absolute atomic E-state index is 13.3. The van der Waals surface area contributed by atoms with Gasteiger partial charge in [-0.1, -0.05) is 23.7 Å². The molecule has 0 aliphatic carbocycles. The molecule has 0 fully saturated rings. The van der Waals surface area contributed by atoms with Crippen LogP contribution in [0.5, 0.6) is 0 Å². The molecule has 100 valence electrons. The molecule has 2 aromatic rings. The van der Waals surface area contributed by atoms with Gasteiger partial charge in [0.05, 0.1) is 15.8 Å². The van der Waals surface area contributed by atoms with Crippen molar-refractivity contribution in [1.82, 2.24) is 0 Å². The SMILES string of the molecule is CC(Nc1cc(Br)c(F)cc1N)c1cccc(Cl)c1. The van der Waals surface area contributed by atoms with E-state index in [4.69, 9.17) is 17.3 Å². The van der Waals surface area contributed by atoms with Crippen molar-refractivity contribution in [2.45, 2.75) is 13.0 Å². The molecule has 0 saturated carbocycles. The van der Waals surface area contributed by atoms with Gasteiger partial charge >= 0.3 is 0 Å². The van der Waals surface area contributed by atoms with Gasteiger partial charge < -0.3 is 11.1 Å². The van der Waals surface area contributed by atoms with E-state index in [1.54, 1.807) is 6.07 Å². The van der Waals surface area contributed by atoms with Crippen molar-refractivity contribution in [3.8, 4) is 0 Å². The first-order valence-electron chi connectivity index (χ1n) is 5.74. The van der Waals surface area contributed by atoms with Gasteiger partial charge in [-0.15, -0.1) is 0 Å². The third-order valence-electron chi connectivity index (χ3n) is 2.81. The molecule has 0 aliphatic rings. The van der Waals surface area contributed by atoms with Crippen molar-refractivity contribution in [2.75, 3.05) is 11.1 Å². The molecule has 3 N–H and O–H groups in total. The molecule has 0 bridgehead atoms. The van der Waals surface area contributed by atoms with Crippen LogP contribution in [0.2, 0.25) is 5.02 Å². The van der Waals surface area contributed by atoms with Crippen molar-refractivity contribution in [3.05, 3.63) is 57.3 Å². The molecule has 0 aliphatic heterocycles. The van der Waals surface area contributed by atoms with E-state index in [1.165, 1.54) is 6.07 Å². The summed E-state index contributed by atoms with van der Waals surface area (Å²) < 4.78 is 13.7. The van der Waals surface area contributed by atoms with Gasteiger partial charge in [-0.3, -0.25) is 0 Å². The van der Waals surface area contributed by atoms with Gasteiger partial charge in [0.15, 0.2) is 0 Å². The maximum atomic E-state index is 13.3. The summed E-state index contributed by atoms with van der Waals surface area (Å²) in [6, 6.07) is 10.5. The minimum atomic E-state index is -0.376. The summed E-state index contributed by atoms with van der Waals surface area (Å²) in [6.07, 6.45) is 0. The first-order chi connectivity index (χ1) is 8.97. The minimum absolute atomic E-state index is 0.0124. The van der Waals surface area contributed by atoms with Crippen molar-refractivity contribution in [3.63, 3.8) is 0 Å². The Labute approximate surface area is 124 Å². The number of nitrogens with two attached hydrogens (primary N) is 1. The second-order valence-electron chi connectivity index (χ2n) is 4.27. The monoisotopic (exact) mass is 342 g/mol. The van der Waals surface area contributed by atoms with E-state index in [9.17, 15) is 4.39 Å². The molecule has 2 aromatic carbocycles. The Balaban J connectivity index is 2.24. The number of hydrogen-bond acceptors (Lipinski definition) is 2. The van der Waals surface area contributed by atoms with Gasteiger partial charge in [0.1, 0.15) is 5.82 Å². The normalized spacial score (nSPS) is 12.2. The molecule has 0 amide bonds. The second kappa shape index (κ2) is 5.80. The summed E-state index contributed by atoms with van der Waals surface area (Å²) >= 11 is 9.11. The highest BCUT2D eigenvalue weighted by atomic mass is 79.9. The van der Waals surface area contributed by atoms with E-state index in [-0.39, 0.29) is 11.9 Å². The van der Waals surface area contributed by atoms with Gasteiger partial charge in [0, 0.05) is 17.1 Å². The van der Waals surface area contributed by atoms with Crippen molar-refractivity contribution < 1.29 is 4.39 Å². The number of hydrogen-bond donors (Lipinski definition) is 2. The molecule has 1 atom stereocenters. The van der Waals surface area contributed by atoms with Gasteiger partial charge in [0.25, 0.3) is 0 Å². The van der Waals surface area contributed by atoms with Gasteiger partial charge in [0.2, 0.25) is 0 Å². The summed E-state index contributed by atoms with van der Waals surface area (Å²) in [4.78, 5) is 0.